The quantitative estimate of drug-likeness (QED) is 0.289. The van der Waals surface area contributed by atoms with Gasteiger partial charge in [0.15, 0.2) is 11.6 Å². The highest BCUT2D eigenvalue weighted by Gasteiger charge is 2.29. The predicted molar refractivity (Wildman–Crippen MR) is 96.4 cm³/mol. The van der Waals surface area contributed by atoms with Gasteiger partial charge in [0, 0.05) is 27.8 Å². The zero-order valence-corrected chi connectivity index (χ0v) is 14.6. The largest absolute Gasteiger partial charge is 0.464 e. The van der Waals surface area contributed by atoms with E-state index in [1.165, 1.54) is 0 Å². The minimum Gasteiger partial charge on any atom is -0.464 e. The average Bonchev–Trinajstić information content (AvgIpc) is 2.69. The molecule has 0 heterocycles. The summed E-state index contributed by atoms with van der Waals surface area (Å²) in [6, 6.07) is 11.6. The SMILES string of the molecule is CC(=Cc1ccc2c(c1)C(=O)c1ccccc1C2=O)C(=O)OCCOC=O. The Bertz CT molecular complexity index is 970. The molecule has 0 atom stereocenters. The first kappa shape index (κ1) is 18.3. The number of rotatable bonds is 6. The van der Waals surface area contributed by atoms with Gasteiger partial charge in [0.05, 0.1) is 0 Å². The second-order valence-electron chi connectivity index (χ2n) is 5.94. The van der Waals surface area contributed by atoms with Gasteiger partial charge >= 0.3 is 5.97 Å². The average molecular weight is 364 g/mol. The summed E-state index contributed by atoms with van der Waals surface area (Å²) in [5, 5.41) is 0. The van der Waals surface area contributed by atoms with E-state index in [-0.39, 0.29) is 31.3 Å². The van der Waals surface area contributed by atoms with E-state index < -0.39 is 5.97 Å². The lowest BCUT2D eigenvalue weighted by atomic mass is 9.83. The van der Waals surface area contributed by atoms with E-state index in [0.29, 0.717) is 33.4 Å². The van der Waals surface area contributed by atoms with Crippen LogP contribution < -0.4 is 0 Å². The number of ketones is 2. The predicted octanol–water partition coefficient (Wildman–Crippen LogP) is 2.58. The van der Waals surface area contributed by atoms with Gasteiger partial charge in [0.1, 0.15) is 13.2 Å². The van der Waals surface area contributed by atoms with E-state index in [2.05, 4.69) is 4.74 Å². The molecule has 0 N–H and O–H groups in total. The highest BCUT2D eigenvalue weighted by Crippen LogP contribution is 2.28. The molecular weight excluding hydrogens is 348 g/mol. The molecule has 0 spiro atoms. The van der Waals surface area contributed by atoms with Gasteiger partial charge in [-0.05, 0) is 30.7 Å². The number of esters is 1. The first-order valence-electron chi connectivity index (χ1n) is 8.26. The number of ether oxygens (including phenoxy) is 2. The molecule has 0 fully saturated rings. The molecule has 1 aliphatic rings. The Morgan fingerprint density at radius 3 is 2.22 bits per heavy atom. The molecule has 0 saturated heterocycles. The van der Waals surface area contributed by atoms with Crippen molar-refractivity contribution in [2.75, 3.05) is 13.2 Å². The van der Waals surface area contributed by atoms with Gasteiger partial charge in [0.2, 0.25) is 0 Å². The summed E-state index contributed by atoms with van der Waals surface area (Å²) in [6.07, 6.45) is 1.57. The van der Waals surface area contributed by atoms with Crippen molar-refractivity contribution in [1.82, 2.24) is 0 Å². The maximum atomic E-state index is 12.7. The minimum atomic E-state index is -0.560. The minimum absolute atomic E-state index is 0.0165. The number of carbonyl (C=O) groups is 4. The maximum Gasteiger partial charge on any atom is 0.333 e. The van der Waals surface area contributed by atoms with Crippen LogP contribution in [0.15, 0.2) is 48.0 Å². The van der Waals surface area contributed by atoms with Crippen molar-refractivity contribution in [3.8, 4) is 0 Å². The summed E-state index contributed by atoms with van der Waals surface area (Å²) in [5.41, 5.74) is 2.36. The molecule has 27 heavy (non-hydrogen) atoms. The molecule has 0 radical (unpaired) electrons. The van der Waals surface area contributed by atoms with Crippen LogP contribution >= 0.6 is 0 Å². The van der Waals surface area contributed by atoms with E-state index in [0.717, 1.165) is 0 Å². The highest BCUT2D eigenvalue weighted by molar-refractivity contribution is 6.28. The summed E-state index contributed by atoms with van der Waals surface area (Å²) in [4.78, 5) is 47.3. The van der Waals surface area contributed by atoms with Crippen LogP contribution in [0.25, 0.3) is 6.08 Å². The molecule has 2 aromatic rings. The van der Waals surface area contributed by atoms with E-state index in [9.17, 15) is 19.2 Å². The molecule has 0 aliphatic heterocycles. The van der Waals surface area contributed by atoms with Gasteiger partial charge in [-0.3, -0.25) is 14.4 Å². The number of hydrogen-bond acceptors (Lipinski definition) is 6. The fraction of sp³-hybridized carbons (Fsp3) is 0.143. The smallest absolute Gasteiger partial charge is 0.333 e. The van der Waals surface area contributed by atoms with Crippen LogP contribution in [0.4, 0.5) is 0 Å². The topological polar surface area (TPSA) is 86.7 Å². The number of hydrogen-bond donors (Lipinski definition) is 0. The number of fused-ring (bicyclic) bond motifs is 2. The molecule has 136 valence electrons. The van der Waals surface area contributed by atoms with E-state index in [1.807, 2.05) is 0 Å². The maximum absolute atomic E-state index is 12.7. The summed E-state index contributed by atoms with van der Waals surface area (Å²) >= 11 is 0. The van der Waals surface area contributed by atoms with Gasteiger partial charge < -0.3 is 9.47 Å². The van der Waals surface area contributed by atoms with Crippen molar-refractivity contribution in [3.05, 3.63) is 75.9 Å². The van der Waals surface area contributed by atoms with Crippen molar-refractivity contribution in [2.24, 2.45) is 0 Å². The summed E-state index contributed by atoms with van der Waals surface area (Å²) in [5.74, 6) is -0.973. The lowest BCUT2D eigenvalue weighted by molar-refractivity contribution is -0.143. The molecule has 6 heteroatoms. The zero-order valence-electron chi connectivity index (χ0n) is 14.6. The zero-order chi connectivity index (χ0) is 19.4. The highest BCUT2D eigenvalue weighted by atomic mass is 16.6. The summed E-state index contributed by atoms with van der Waals surface area (Å²) in [7, 11) is 0. The molecule has 0 aromatic heterocycles. The van der Waals surface area contributed by atoms with Gasteiger partial charge in [-0.15, -0.1) is 0 Å². The Morgan fingerprint density at radius 2 is 1.56 bits per heavy atom. The van der Waals surface area contributed by atoms with Crippen molar-refractivity contribution in [2.45, 2.75) is 6.92 Å². The fourth-order valence-corrected chi connectivity index (χ4v) is 2.86. The normalized spacial score (nSPS) is 12.9. The second kappa shape index (κ2) is 7.78. The molecular formula is C21H16O6. The molecule has 0 unspecified atom stereocenters. The Labute approximate surface area is 155 Å². The van der Waals surface area contributed by atoms with Crippen LogP contribution in [0.5, 0.6) is 0 Å². The second-order valence-corrected chi connectivity index (χ2v) is 5.94. The molecule has 6 nitrogen and oxygen atoms in total. The van der Waals surface area contributed by atoms with Crippen LogP contribution in [0.3, 0.4) is 0 Å². The van der Waals surface area contributed by atoms with Crippen LogP contribution in [0.1, 0.15) is 44.3 Å². The first-order valence-corrected chi connectivity index (χ1v) is 8.26. The summed E-state index contributed by atoms with van der Waals surface area (Å²) < 4.78 is 9.41. The Balaban J connectivity index is 1.84. The lowest BCUT2D eigenvalue weighted by Gasteiger charge is -2.17. The van der Waals surface area contributed by atoms with Crippen LogP contribution in [-0.2, 0) is 19.1 Å². The molecule has 2 aromatic carbocycles. The third-order valence-electron chi connectivity index (χ3n) is 4.16. The van der Waals surface area contributed by atoms with Gasteiger partial charge in [-0.1, -0.05) is 30.3 Å². The van der Waals surface area contributed by atoms with E-state index in [4.69, 9.17) is 4.74 Å². The van der Waals surface area contributed by atoms with Gasteiger partial charge in [-0.2, -0.15) is 0 Å². The molecule has 0 bridgehead atoms. The molecule has 0 amide bonds. The third kappa shape index (κ3) is 3.69. The van der Waals surface area contributed by atoms with Gasteiger partial charge in [-0.25, -0.2) is 4.79 Å². The first-order chi connectivity index (χ1) is 13.0. The van der Waals surface area contributed by atoms with Crippen molar-refractivity contribution in [3.63, 3.8) is 0 Å². The Hall–Kier alpha value is -3.54. The molecule has 0 saturated carbocycles. The Kier molecular flexibility index (Phi) is 5.26. The number of carbonyl (C=O) groups excluding carboxylic acids is 4. The van der Waals surface area contributed by atoms with Crippen molar-refractivity contribution >= 4 is 30.1 Å². The van der Waals surface area contributed by atoms with Gasteiger partial charge in [0.25, 0.3) is 6.47 Å². The van der Waals surface area contributed by atoms with Crippen LogP contribution in [0.2, 0.25) is 0 Å². The Morgan fingerprint density at radius 1 is 0.926 bits per heavy atom. The van der Waals surface area contributed by atoms with Crippen molar-refractivity contribution < 1.29 is 28.7 Å². The fourth-order valence-electron chi connectivity index (χ4n) is 2.86. The van der Waals surface area contributed by atoms with E-state index >= 15 is 0 Å². The number of benzene rings is 2. The molecule has 1 aliphatic carbocycles. The molecule has 3 rings (SSSR count). The summed E-state index contributed by atoms with van der Waals surface area (Å²) in [6.45, 7) is 1.79. The lowest BCUT2D eigenvalue weighted by Crippen LogP contribution is -2.20. The van der Waals surface area contributed by atoms with Crippen molar-refractivity contribution in [1.29, 1.82) is 0 Å². The van der Waals surface area contributed by atoms with Crippen LogP contribution in [0, 0.1) is 0 Å². The monoisotopic (exact) mass is 364 g/mol. The standard InChI is InChI=1S/C21H16O6/c1-13(21(25)27-9-8-26-12-22)10-14-6-7-17-18(11-14)20(24)16-5-3-2-4-15(16)19(17)23/h2-7,10-12H,8-9H2,1H3. The third-order valence-corrected chi connectivity index (χ3v) is 4.16. The van der Waals surface area contributed by atoms with E-state index in [1.54, 1.807) is 55.5 Å². The van der Waals surface area contributed by atoms with Crippen LogP contribution in [-0.4, -0.2) is 37.2 Å².